The molecule has 138 valence electrons. The van der Waals surface area contributed by atoms with Crippen molar-refractivity contribution in [1.29, 1.82) is 0 Å². The van der Waals surface area contributed by atoms with Gasteiger partial charge in [-0.15, -0.1) is 0 Å². The molecule has 0 aliphatic heterocycles. The molecule has 0 heterocycles. The lowest BCUT2D eigenvalue weighted by Gasteiger charge is -2.11. The summed E-state index contributed by atoms with van der Waals surface area (Å²) >= 11 is 0. The summed E-state index contributed by atoms with van der Waals surface area (Å²) in [4.78, 5) is 24.0. The molecule has 0 atom stereocenters. The highest BCUT2D eigenvalue weighted by atomic mass is 19.4. The lowest BCUT2D eigenvalue weighted by atomic mass is 10.2. The first-order valence-corrected chi connectivity index (χ1v) is 7.78. The van der Waals surface area contributed by atoms with Crippen LogP contribution in [0, 0.1) is 0 Å². The first-order valence-electron chi connectivity index (χ1n) is 7.78. The molecule has 2 aromatic carbocycles. The van der Waals surface area contributed by atoms with E-state index in [0.717, 1.165) is 12.1 Å². The number of hydrogen-bond donors (Lipinski definition) is 2. The van der Waals surface area contributed by atoms with Crippen LogP contribution in [0.4, 0.5) is 18.9 Å². The Labute approximate surface area is 148 Å². The number of halogens is 3. The maximum atomic E-state index is 12.7. The van der Waals surface area contributed by atoms with Crippen LogP contribution in [-0.2, 0) is 11.0 Å². The van der Waals surface area contributed by atoms with E-state index >= 15 is 0 Å². The maximum absolute atomic E-state index is 12.7. The van der Waals surface area contributed by atoms with Gasteiger partial charge in [0.1, 0.15) is 5.75 Å². The number of ether oxygens (including phenoxy) is 1. The van der Waals surface area contributed by atoms with Gasteiger partial charge in [0.05, 0.1) is 24.3 Å². The molecule has 2 rings (SSSR count). The van der Waals surface area contributed by atoms with E-state index in [9.17, 15) is 22.8 Å². The molecule has 0 unspecified atom stereocenters. The molecule has 0 aliphatic carbocycles. The number of anilines is 1. The Hall–Kier alpha value is -3.03. The highest BCUT2D eigenvalue weighted by Gasteiger charge is 2.30. The second-order valence-electron chi connectivity index (χ2n) is 5.24. The van der Waals surface area contributed by atoms with Crippen molar-refractivity contribution in [3.05, 3.63) is 59.7 Å². The van der Waals surface area contributed by atoms with E-state index in [1.54, 1.807) is 31.2 Å². The van der Waals surface area contributed by atoms with Gasteiger partial charge in [0.15, 0.2) is 0 Å². The number of para-hydroxylation sites is 1. The number of hydrogen-bond acceptors (Lipinski definition) is 3. The van der Waals surface area contributed by atoms with Crippen LogP contribution in [-0.4, -0.2) is 25.0 Å². The standard InChI is InChI=1S/C18H17F3N2O3/c1-2-26-15-9-4-3-8-14(15)17(25)22-11-16(24)23-13-7-5-6-12(10-13)18(19,20)21/h3-10H,2,11H2,1H3,(H,22,25)(H,23,24). The average molecular weight is 366 g/mol. The normalized spacial score (nSPS) is 10.9. The third-order valence-electron chi connectivity index (χ3n) is 3.31. The minimum atomic E-state index is -4.50. The minimum Gasteiger partial charge on any atom is -0.493 e. The first-order chi connectivity index (χ1) is 12.3. The third kappa shape index (κ3) is 5.23. The summed E-state index contributed by atoms with van der Waals surface area (Å²) in [5, 5.41) is 4.73. The smallest absolute Gasteiger partial charge is 0.416 e. The van der Waals surface area contributed by atoms with E-state index in [0.29, 0.717) is 12.4 Å². The van der Waals surface area contributed by atoms with Crippen molar-refractivity contribution in [2.45, 2.75) is 13.1 Å². The van der Waals surface area contributed by atoms with Crippen molar-refractivity contribution in [3.63, 3.8) is 0 Å². The highest BCUT2D eigenvalue weighted by Crippen LogP contribution is 2.30. The molecule has 0 saturated heterocycles. The Morgan fingerprint density at radius 3 is 2.50 bits per heavy atom. The molecule has 5 nitrogen and oxygen atoms in total. The Kier molecular flexibility index (Phi) is 6.21. The molecule has 0 spiro atoms. The van der Waals surface area contributed by atoms with Crippen LogP contribution >= 0.6 is 0 Å². The zero-order chi connectivity index (χ0) is 19.2. The van der Waals surface area contributed by atoms with Crippen molar-refractivity contribution in [2.75, 3.05) is 18.5 Å². The van der Waals surface area contributed by atoms with Crippen molar-refractivity contribution in [3.8, 4) is 5.75 Å². The molecule has 2 N–H and O–H groups in total. The summed E-state index contributed by atoms with van der Waals surface area (Å²) in [7, 11) is 0. The van der Waals surface area contributed by atoms with Gasteiger partial charge in [0.2, 0.25) is 5.91 Å². The Morgan fingerprint density at radius 1 is 1.08 bits per heavy atom. The van der Waals surface area contributed by atoms with Gasteiger partial charge in [-0.05, 0) is 37.3 Å². The van der Waals surface area contributed by atoms with Crippen molar-refractivity contribution in [2.24, 2.45) is 0 Å². The first kappa shape index (κ1) is 19.3. The molecular formula is C18H17F3N2O3. The van der Waals surface area contributed by atoms with Crippen LogP contribution in [0.5, 0.6) is 5.75 Å². The van der Waals surface area contributed by atoms with Crippen molar-refractivity contribution in [1.82, 2.24) is 5.32 Å². The van der Waals surface area contributed by atoms with Crippen LogP contribution in [0.15, 0.2) is 48.5 Å². The fourth-order valence-corrected chi connectivity index (χ4v) is 2.17. The number of nitrogens with one attached hydrogen (secondary N) is 2. The molecule has 8 heteroatoms. The Bertz CT molecular complexity index is 791. The van der Waals surface area contributed by atoms with Gasteiger partial charge in [-0.25, -0.2) is 0 Å². The topological polar surface area (TPSA) is 67.4 Å². The molecule has 26 heavy (non-hydrogen) atoms. The number of carbonyl (C=O) groups is 2. The Balaban J connectivity index is 1.96. The number of rotatable bonds is 6. The largest absolute Gasteiger partial charge is 0.493 e. The maximum Gasteiger partial charge on any atom is 0.416 e. The number of carbonyl (C=O) groups excluding carboxylic acids is 2. The summed E-state index contributed by atoms with van der Waals surface area (Å²) in [5.74, 6) is -0.786. The minimum absolute atomic E-state index is 0.00575. The van der Waals surface area contributed by atoms with E-state index in [-0.39, 0.29) is 11.3 Å². The molecule has 0 radical (unpaired) electrons. The lowest BCUT2D eigenvalue weighted by Crippen LogP contribution is -2.33. The number of benzene rings is 2. The quantitative estimate of drug-likeness (QED) is 0.823. The average Bonchev–Trinajstić information content (AvgIpc) is 2.60. The molecule has 2 amide bonds. The van der Waals surface area contributed by atoms with Crippen LogP contribution in [0.25, 0.3) is 0 Å². The Morgan fingerprint density at radius 2 is 1.81 bits per heavy atom. The highest BCUT2D eigenvalue weighted by molar-refractivity contribution is 6.00. The van der Waals surface area contributed by atoms with Crippen LogP contribution in [0.2, 0.25) is 0 Å². The van der Waals surface area contributed by atoms with E-state index < -0.39 is 30.1 Å². The lowest BCUT2D eigenvalue weighted by molar-refractivity contribution is -0.137. The predicted molar refractivity (Wildman–Crippen MR) is 90.0 cm³/mol. The van der Waals surface area contributed by atoms with Gasteiger partial charge < -0.3 is 15.4 Å². The second kappa shape index (κ2) is 8.37. The number of alkyl halides is 3. The third-order valence-corrected chi connectivity index (χ3v) is 3.31. The molecule has 2 aromatic rings. The second-order valence-corrected chi connectivity index (χ2v) is 5.24. The fourth-order valence-electron chi connectivity index (χ4n) is 2.17. The SMILES string of the molecule is CCOc1ccccc1C(=O)NCC(=O)Nc1cccc(C(F)(F)F)c1. The van der Waals surface area contributed by atoms with Gasteiger partial charge in [-0.3, -0.25) is 9.59 Å². The van der Waals surface area contributed by atoms with Crippen LogP contribution < -0.4 is 15.4 Å². The molecule has 0 fully saturated rings. The molecule has 0 saturated carbocycles. The fraction of sp³-hybridized carbons (Fsp3) is 0.222. The van der Waals surface area contributed by atoms with E-state index in [1.807, 2.05) is 0 Å². The molecule has 0 bridgehead atoms. The van der Waals surface area contributed by atoms with E-state index in [4.69, 9.17) is 4.74 Å². The van der Waals surface area contributed by atoms with Gasteiger partial charge in [0.25, 0.3) is 5.91 Å². The van der Waals surface area contributed by atoms with Gasteiger partial charge in [0, 0.05) is 5.69 Å². The molecule has 0 aliphatic rings. The summed E-state index contributed by atoms with van der Waals surface area (Å²) in [5.41, 5.74) is -0.611. The monoisotopic (exact) mass is 366 g/mol. The molecular weight excluding hydrogens is 349 g/mol. The zero-order valence-electron chi connectivity index (χ0n) is 13.9. The zero-order valence-corrected chi connectivity index (χ0v) is 13.9. The molecule has 0 aromatic heterocycles. The predicted octanol–water partition coefficient (Wildman–Crippen LogP) is 3.47. The summed E-state index contributed by atoms with van der Waals surface area (Å²) in [6, 6.07) is 10.8. The summed E-state index contributed by atoms with van der Waals surface area (Å²) < 4.78 is 43.3. The van der Waals surface area contributed by atoms with Crippen LogP contribution in [0.3, 0.4) is 0 Å². The summed E-state index contributed by atoms with van der Waals surface area (Å²) in [6.07, 6.45) is -4.50. The van der Waals surface area contributed by atoms with E-state index in [1.165, 1.54) is 12.1 Å². The van der Waals surface area contributed by atoms with Gasteiger partial charge in [-0.1, -0.05) is 18.2 Å². The van der Waals surface area contributed by atoms with Crippen LogP contribution in [0.1, 0.15) is 22.8 Å². The summed E-state index contributed by atoms with van der Waals surface area (Å²) in [6.45, 7) is 1.76. The number of amides is 2. The van der Waals surface area contributed by atoms with Crippen molar-refractivity contribution >= 4 is 17.5 Å². The van der Waals surface area contributed by atoms with Crippen molar-refractivity contribution < 1.29 is 27.5 Å². The van der Waals surface area contributed by atoms with Gasteiger partial charge >= 0.3 is 6.18 Å². The van der Waals surface area contributed by atoms with E-state index in [2.05, 4.69) is 10.6 Å². The van der Waals surface area contributed by atoms with Gasteiger partial charge in [-0.2, -0.15) is 13.2 Å².